The van der Waals surface area contributed by atoms with Gasteiger partial charge in [0.05, 0.1) is 5.69 Å². The zero-order valence-electron chi connectivity index (χ0n) is 15.8. The average Bonchev–Trinajstić information content (AvgIpc) is 2.84. The van der Waals surface area contributed by atoms with E-state index in [4.69, 9.17) is 4.52 Å². The van der Waals surface area contributed by atoms with Crippen LogP contribution >= 0.6 is 24.0 Å². The Labute approximate surface area is 167 Å². The van der Waals surface area contributed by atoms with E-state index in [1.54, 1.807) is 7.05 Å². The normalized spacial score (nSPS) is 11.2. The number of benzene rings is 1. The van der Waals surface area contributed by atoms with Crippen molar-refractivity contribution in [2.24, 2.45) is 4.99 Å². The van der Waals surface area contributed by atoms with Crippen molar-refractivity contribution >= 4 is 29.9 Å². The summed E-state index contributed by atoms with van der Waals surface area (Å²) in [5.74, 6) is 1.72. The lowest BCUT2D eigenvalue weighted by Gasteiger charge is -2.12. The van der Waals surface area contributed by atoms with Crippen LogP contribution in [0.15, 0.2) is 27.7 Å². The number of hydrogen-bond donors (Lipinski definition) is 2. The lowest BCUT2D eigenvalue weighted by atomic mass is 10.1. The highest BCUT2D eigenvalue weighted by Gasteiger charge is 2.08. The smallest absolute Gasteiger partial charge is 0.190 e. The SMILES string of the molecule is CN=C(NCCc1cc(C)cc(C)c1)NCCc1c(C)noc1C.I. The number of aliphatic imine (C=N–C) groups is 1. The summed E-state index contributed by atoms with van der Waals surface area (Å²) in [6, 6.07) is 6.68. The standard InChI is InChI=1S/C19H28N4O.HI/c1-13-10-14(2)12-17(11-13)6-8-21-19(20-5)22-9-7-18-15(3)23-24-16(18)4;/h10-12H,6-9H2,1-5H3,(H2,20,21,22);1H. The number of guanidine groups is 1. The van der Waals surface area contributed by atoms with Gasteiger partial charge in [0.1, 0.15) is 5.76 Å². The highest BCUT2D eigenvalue weighted by Crippen LogP contribution is 2.12. The third-order valence-corrected chi connectivity index (χ3v) is 4.06. The van der Waals surface area contributed by atoms with Crippen molar-refractivity contribution < 1.29 is 4.52 Å². The number of nitrogens with zero attached hydrogens (tertiary/aromatic N) is 2. The molecule has 0 aliphatic rings. The van der Waals surface area contributed by atoms with Gasteiger partial charge in [-0.3, -0.25) is 4.99 Å². The molecule has 25 heavy (non-hydrogen) atoms. The van der Waals surface area contributed by atoms with E-state index < -0.39 is 0 Å². The summed E-state index contributed by atoms with van der Waals surface area (Å²) >= 11 is 0. The van der Waals surface area contributed by atoms with E-state index in [2.05, 4.69) is 52.8 Å². The van der Waals surface area contributed by atoms with Crippen molar-refractivity contribution in [1.82, 2.24) is 15.8 Å². The van der Waals surface area contributed by atoms with Crippen molar-refractivity contribution in [2.45, 2.75) is 40.5 Å². The summed E-state index contributed by atoms with van der Waals surface area (Å²) < 4.78 is 5.19. The lowest BCUT2D eigenvalue weighted by Crippen LogP contribution is -2.39. The van der Waals surface area contributed by atoms with Gasteiger partial charge in [-0.1, -0.05) is 34.5 Å². The number of aryl methyl sites for hydroxylation is 4. The Bertz CT molecular complexity index is 670. The minimum Gasteiger partial charge on any atom is -0.361 e. The van der Waals surface area contributed by atoms with E-state index in [1.807, 2.05) is 13.8 Å². The van der Waals surface area contributed by atoms with Crippen LogP contribution in [0.5, 0.6) is 0 Å². The Morgan fingerprint density at radius 3 is 2.12 bits per heavy atom. The summed E-state index contributed by atoms with van der Waals surface area (Å²) in [4.78, 5) is 4.27. The van der Waals surface area contributed by atoms with Crippen LogP contribution in [0.1, 0.15) is 33.7 Å². The van der Waals surface area contributed by atoms with E-state index in [1.165, 1.54) is 22.3 Å². The van der Waals surface area contributed by atoms with Crippen LogP contribution in [-0.4, -0.2) is 31.3 Å². The molecule has 0 saturated heterocycles. The maximum absolute atomic E-state index is 5.19. The van der Waals surface area contributed by atoms with Crippen LogP contribution in [-0.2, 0) is 12.8 Å². The summed E-state index contributed by atoms with van der Waals surface area (Å²) in [6.07, 6.45) is 1.85. The second-order valence-electron chi connectivity index (χ2n) is 6.22. The maximum Gasteiger partial charge on any atom is 0.190 e. The van der Waals surface area contributed by atoms with Crippen molar-refractivity contribution in [2.75, 3.05) is 20.1 Å². The van der Waals surface area contributed by atoms with Gasteiger partial charge in [0, 0.05) is 25.7 Å². The van der Waals surface area contributed by atoms with E-state index in [0.717, 1.165) is 43.3 Å². The first-order chi connectivity index (χ1) is 11.5. The molecular formula is C19H29IN4O. The Hall–Kier alpha value is -1.57. The number of hydrogen-bond acceptors (Lipinski definition) is 3. The number of nitrogens with one attached hydrogen (secondary N) is 2. The Kier molecular flexibility index (Phi) is 8.96. The third-order valence-electron chi connectivity index (χ3n) is 4.06. The Balaban J connectivity index is 0.00000312. The second kappa shape index (κ2) is 10.4. The molecule has 0 saturated carbocycles. The first kappa shape index (κ1) is 21.5. The van der Waals surface area contributed by atoms with Gasteiger partial charge in [-0.2, -0.15) is 0 Å². The highest BCUT2D eigenvalue weighted by molar-refractivity contribution is 14.0. The minimum absolute atomic E-state index is 0. The third kappa shape index (κ3) is 6.68. The molecule has 0 spiro atoms. The molecule has 2 aromatic rings. The molecule has 5 nitrogen and oxygen atoms in total. The molecule has 0 aliphatic heterocycles. The van der Waals surface area contributed by atoms with E-state index >= 15 is 0 Å². The first-order valence-corrected chi connectivity index (χ1v) is 8.43. The zero-order chi connectivity index (χ0) is 17.5. The number of halogens is 1. The molecule has 1 heterocycles. The fraction of sp³-hybridized carbons (Fsp3) is 0.474. The summed E-state index contributed by atoms with van der Waals surface area (Å²) in [6.45, 7) is 9.85. The summed E-state index contributed by atoms with van der Waals surface area (Å²) in [5.41, 5.74) is 6.12. The molecule has 0 atom stereocenters. The van der Waals surface area contributed by atoms with Gasteiger partial charge in [0.2, 0.25) is 0 Å². The molecule has 2 rings (SSSR count). The van der Waals surface area contributed by atoms with E-state index in [0.29, 0.717) is 0 Å². The Morgan fingerprint density at radius 1 is 1.00 bits per heavy atom. The predicted molar refractivity (Wildman–Crippen MR) is 114 cm³/mol. The first-order valence-electron chi connectivity index (χ1n) is 8.43. The van der Waals surface area contributed by atoms with Crippen LogP contribution in [0.4, 0.5) is 0 Å². The summed E-state index contributed by atoms with van der Waals surface area (Å²) in [5, 5.41) is 10.7. The molecule has 0 amide bonds. The van der Waals surface area contributed by atoms with Gasteiger partial charge in [0.25, 0.3) is 0 Å². The van der Waals surface area contributed by atoms with Crippen molar-refractivity contribution in [1.29, 1.82) is 0 Å². The molecule has 0 bridgehead atoms. The topological polar surface area (TPSA) is 62.5 Å². The molecular weight excluding hydrogens is 427 g/mol. The Morgan fingerprint density at radius 2 is 1.60 bits per heavy atom. The summed E-state index contributed by atoms with van der Waals surface area (Å²) in [7, 11) is 1.79. The van der Waals surface area contributed by atoms with E-state index in [9.17, 15) is 0 Å². The van der Waals surface area contributed by atoms with E-state index in [-0.39, 0.29) is 24.0 Å². The number of aromatic nitrogens is 1. The monoisotopic (exact) mass is 456 g/mol. The van der Waals surface area contributed by atoms with Gasteiger partial charge in [-0.05, 0) is 46.1 Å². The molecule has 0 aliphatic carbocycles. The van der Waals surface area contributed by atoms with Gasteiger partial charge >= 0.3 is 0 Å². The van der Waals surface area contributed by atoms with Crippen LogP contribution in [0.2, 0.25) is 0 Å². The predicted octanol–water partition coefficient (Wildman–Crippen LogP) is 3.48. The lowest BCUT2D eigenvalue weighted by molar-refractivity contribution is 0.392. The molecule has 138 valence electrons. The largest absolute Gasteiger partial charge is 0.361 e. The maximum atomic E-state index is 5.19. The zero-order valence-corrected chi connectivity index (χ0v) is 18.1. The fourth-order valence-corrected chi connectivity index (χ4v) is 2.92. The van der Waals surface area contributed by atoms with Crippen LogP contribution in [0, 0.1) is 27.7 Å². The average molecular weight is 456 g/mol. The van der Waals surface area contributed by atoms with Crippen molar-refractivity contribution in [3.05, 3.63) is 51.9 Å². The quantitative estimate of drug-likeness (QED) is 0.397. The van der Waals surface area contributed by atoms with Crippen molar-refractivity contribution in [3.8, 4) is 0 Å². The molecule has 1 aromatic heterocycles. The van der Waals surface area contributed by atoms with Crippen LogP contribution in [0.25, 0.3) is 0 Å². The van der Waals surface area contributed by atoms with Gasteiger partial charge in [0.15, 0.2) is 5.96 Å². The molecule has 6 heteroatoms. The molecule has 1 aromatic carbocycles. The minimum atomic E-state index is 0. The van der Waals surface area contributed by atoms with Gasteiger partial charge in [-0.15, -0.1) is 24.0 Å². The fourth-order valence-electron chi connectivity index (χ4n) is 2.92. The highest BCUT2D eigenvalue weighted by atomic mass is 127. The molecule has 0 radical (unpaired) electrons. The molecule has 2 N–H and O–H groups in total. The van der Waals surface area contributed by atoms with Gasteiger partial charge < -0.3 is 15.2 Å². The van der Waals surface area contributed by atoms with Crippen molar-refractivity contribution in [3.63, 3.8) is 0 Å². The van der Waals surface area contributed by atoms with Gasteiger partial charge in [-0.25, -0.2) is 0 Å². The second-order valence-corrected chi connectivity index (χ2v) is 6.22. The molecule has 0 fully saturated rings. The van der Waals surface area contributed by atoms with Crippen LogP contribution in [0.3, 0.4) is 0 Å². The molecule has 0 unspecified atom stereocenters. The number of rotatable bonds is 6. The van der Waals surface area contributed by atoms with Crippen LogP contribution < -0.4 is 10.6 Å².